The lowest BCUT2D eigenvalue weighted by Gasteiger charge is -2.05. The molecule has 0 aliphatic carbocycles. The normalized spacial score (nSPS) is 11.4. The number of carboxylic acids is 1. The Labute approximate surface area is 226 Å². The molecular formula is C26H20Cl2N4O4S. The standard InChI is InChI=1S/C26H20Cl2N4O4S/c1-15-6-8-16(9-7-15)23-24(18-10-11-19(27)20(28)12-18)37-26(31-23)30-14-29-21(25(33)34)13-17-4-2-3-5-22(17)32(35)36/h2-12H,13-14H2,1H3,(H,30,31)(H,33,34). The van der Waals surface area contributed by atoms with Crippen LogP contribution in [0, 0.1) is 17.0 Å². The van der Waals surface area contributed by atoms with Crippen LogP contribution in [0.2, 0.25) is 10.0 Å². The van der Waals surface area contributed by atoms with Gasteiger partial charge in [0.05, 0.1) is 25.5 Å². The molecule has 0 aliphatic heterocycles. The van der Waals surface area contributed by atoms with E-state index in [9.17, 15) is 20.0 Å². The van der Waals surface area contributed by atoms with Crippen LogP contribution in [-0.4, -0.2) is 33.4 Å². The monoisotopic (exact) mass is 554 g/mol. The van der Waals surface area contributed by atoms with Crippen molar-refractivity contribution >= 4 is 57.0 Å². The molecule has 1 aromatic heterocycles. The number of hydrogen-bond acceptors (Lipinski definition) is 7. The van der Waals surface area contributed by atoms with E-state index in [4.69, 9.17) is 28.2 Å². The van der Waals surface area contributed by atoms with E-state index in [2.05, 4.69) is 10.3 Å². The minimum absolute atomic E-state index is 0.0794. The molecule has 0 radical (unpaired) electrons. The van der Waals surface area contributed by atoms with Gasteiger partial charge in [-0.3, -0.25) is 15.1 Å². The minimum atomic E-state index is -1.25. The van der Waals surface area contributed by atoms with Gasteiger partial charge in [0.2, 0.25) is 0 Å². The summed E-state index contributed by atoms with van der Waals surface area (Å²) in [6.07, 6.45) is -0.185. The number of nitro benzene ring substituents is 1. The first-order chi connectivity index (χ1) is 17.7. The number of nitrogens with zero attached hydrogens (tertiary/aromatic N) is 3. The molecule has 0 bridgehead atoms. The molecule has 2 N–H and O–H groups in total. The van der Waals surface area contributed by atoms with Crippen molar-refractivity contribution in [3.63, 3.8) is 0 Å². The predicted octanol–water partition coefficient (Wildman–Crippen LogP) is 7.14. The van der Waals surface area contributed by atoms with Gasteiger partial charge in [0.15, 0.2) is 5.13 Å². The highest BCUT2D eigenvalue weighted by atomic mass is 35.5. The maximum absolute atomic E-state index is 11.8. The zero-order valence-electron chi connectivity index (χ0n) is 19.4. The van der Waals surface area contributed by atoms with E-state index in [0.29, 0.717) is 15.2 Å². The molecule has 0 amide bonds. The molecule has 1 heterocycles. The van der Waals surface area contributed by atoms with E-state index in [1.54, 1.807) is 18.2 Å². The lowest BCUT2D eigenvalue weighted by molar-refractivity contribution is -0.385. The second kappa shape index (κ2) is 11.5. The van der Waals surface area contributed by atoms with Gasteiger partial charge in [-0.15, -0.1) is 0 Å². The Kier molecular flexibility index (Phi) is 8.17. The smallest absolute Gasteiger partial charge is 0.350 e. The molecule has 0 unspecified atom stereocenters. The van der Waals surface area contributed by atoms with Crippen LogP contribution in [0.25, 0.3) is 21.7 Å². The Morgan fingerprint density at radius 2 is 1.78 bits per heavy atom. The zero-order chi connectivity index (χ0) is 26.5. The van der Waals surface area contributed by atoms with Crippen molar-refractivity contribution in [3.8, 4) is 21.7 Å². The van der Waals surface area contributed by atoms with Crippen LogP contribution in [0.3, 0.4) is 0 Å². The summed E-state index contributed by atoms with van der Waals surface area (Å²) in [6.45, 7) is 1.92. The highest BCUT2D eigenvalue weighted by Gasteiger charge is 2.19. The number of nitrogens with one attached hydrogen (secondary N) is 1. The number of thiazole rings is 1. The summed E-state index contributed by atoms with van der Waals surface area (Å²) < 4.78 is 0. The zero-order valence-corrected chi connectivity index (χ0v) is 21.8. The molecular weight excluding hydrogens is 535 g/mol. The van der Waals surface area contributed by atoms with E-state index in [-0.39, 0.29) is 30.1 Å². The van der Waals surface area contributed by atoms with Gasteiger partial charge in [-0.2, -0.15) is 0 Å². The second-order valence-electron chi connectivity index (χ2n) is 8.00. The van der Waals surface area contributed by atoms with E-state index in [1.165, 1.54) is 29.5 Å². The average molecular weight is 555 g/mol. The van der Waals surface area contributed by atoms with E-state index < -0.39 is 10.9 Å². The number of aromatic nitrogens is 1. The summed E-state index contributed by atoms with van der Waals surface area (Å²) in [4.78, 5) is 32.2. The highest BCUT2D eigenvalue weighted by molar-refractivity contribution is 7.19. The van der Waals surface area contributed by atoms with Crippen molar-refractivity contribution in [2.24, 2.45) is 4.99 Å². The molecule has 0 saturated carbocycles. The van der Waals surface area contributed by atoms with Gasteiger partial charge >= 0.3 is 5.97 Å². The lowest BCUT2D eigenvalue weighted by Crippen LogP contribution is -2.18. The molecule has 11 heteroatoms. The van der Waals surface area contributed by atoms with Crippen LogP contribution in [0.4, 0.5) is 10.8 Å². The van der Waals surface area contributed by atoms with Crippen molar-refractivity contribution in [3.05, 3.63) is 98.0 Å². The number of nitro groups is 1. The first kappa shape index (κ1) is 26.3. The van der Waals surface area contributed by atoms with Gasteiger partial charge in [0.1, 0.15) is 12.4 Å². The van der Waals surface area contributed by atoms with Gasteiger partial charge in [-0.05, 0) is 24.6 Å². The SMILES string of the molecule is Cc1ccc(-c2nc(NCN=C(Cc3ccccc3[N+](=O)[O-])C(=O)O)sc2-c2ccc(Cl)c(Cl)c2)cc1. The maximum atomic E-state index is 11.8. The Morgan fingerprint density at radius 3 is 2.46 bits per heavy atom. The Balaban J connectivity index is 1.62. The Hall–Kier alpha value is -3.79. The summed E-state index contributed by atoms with van der Waals surface area (Å²) in [5, 5.41) is 25.3. The first-order valence-corrected chi connectivity index (χ1v) is 12.6. The number of carboxylic acid groups (broad SMARTS) is 1. The number of benzene rings is 3. The van der Waals surface area contributed by atoms with Crippen LogP contribution >= 0.6 is 34.5 Å². The van der Waals surface area contributed by atoms with Crippen molar-refractivity contribution in [2.45, 2.75) is 13.3 Å². The Morgan fingerprint density at radius 1 is 1.08 bits per heavy atom. The highest BCUT2D eigenvalue weighted by Crippen LogP contribution is 2.40. The summed E-state index contributed by atoms with van der Waals surface area (Å²) >= 11 is 13.7. The first-order valence-electron chi connectivity index (χ1n) is 11.0. The minimum Gasteiger partial charge on any atom is -0.477 e. The third-order valence-electron chi connectivity index (χ3n) is 5.43. The third-order valence-corrected chi connectivity index (χ3v) is 7.23. The van der Waals surface area contributed by atoms with E-state index in [1.807, 2.05) is 37.3 Å². The molecule has 0 spiro atoms. The molecule has 37 heavy (non-hydrogen) atoms. The number of carbonyl (C=O) groups is 1. The van der Waals surface area contributed by atoms with Gasteiger partial charge < -0.3 is 10.4 Å². The van der Waals surface area contributed by atoms with E-state index in [0.717, 1.165) is 27.3 Å². The fourth-order valence-electron chi connectivity index (χ4n) is 3.56. The van der Waals surface area contributed by atoms with Crippen LogP contribution in [0.1, 0.15) is 11.1 Å². The van der Waals surface area contributed by atoms with Gasteiger partial charge in [-0.1, -0.05) is 88.6 Å². The lowest BCUT2D eigenvalue weighted by atomic mass is 10.1. The molecule has 3 aromatic carbocycles. The largest absolute Gasteiger partial charge is 0.477 e. The summed E-state index contributed by atoms with van der Waals surface area (Å²) in [5.74, 6) is -1.25. The van der Waals surface area contributed by atoms with Gasteiger partial charge in [0.25, 0.3) is 5.69 Å². The molecule has 4 aromatic rings. The number of hydrogen-bond donors (Lipinski definition) is 2. The molecule has 0 aliphatic rings. The quantitative estimate of drug-likeness (QED) is 0.129. The summed E-state index contributed by atoms with van der Waals surface area (Å²) in [7, 11) is 0. The van der Waals surface area contributed by atoms with Crippen molar-refractivity contribution in [1.82, 2.24) is 4.98 Å². The van der Waals surface area contributed by atoms with Crippen molar-refractivity contribution < 1.29 is 14.8 Å². The number of anilines is 1. The molecule has 0 fully saturated rings. The fraction of sp³-hybridized carbons (Fsp3) is 0.115. The molecule has 0 saturated heterocycles. The number of aliphatic carboxylic acids is 1. The Bertz CT molecular complexity index is 1500. The number of para-hydroxylation sites is 1. The topological polar surface area (TPSA) is 118 Å². The summed E-state index contributed by atoms with van der Waals surface area (Å²) in [5.41, 5.74) is 3.49. The fourth-order valence-corrected chi connectivity index (χ4v) is 4.83. The number of rotatable bonds is 9. The molecule has 8 nitrogen and oxygen atoms in total. The molecule has 4 rings (SSSR count). The van der Waals surface area contributed by atoms with Crippen LogP contribution in [0.5, 0.6) is 0 Å². The van der Waals surface area contributed by atoms with Crippen LogP contribution in [-0.2, 0) is 11.2 Å². The van der Waals surface area contributed by atoms with Crippen LogP contribution in [0.15, 0.2) is 71.7 Å². The van der Waals surface area contributed by atoms with Gasteiger partial charge in [-0.25, -0.2) is 9.78 Å². The van der Waals surface area contributed by atoms with Crippen molar-refractivity contribution in [2.75, 3.05) is 12.0 Å². The predicted molar refractivity (Wildman–Crippen MR) is 148 cm³/mol. The molecule has 0 atom stereocenters. The van der Waals surface area contributed by atoms with Crippen LogP contribution < -0.4 is 5.32 Å². The van der Waals surface area contributed by atoms with Gasteiger partial charge in [0, 0.05) is 23.6 Å². The number of aliphatic imine (C=N–C) groups is 1. The number of halogens is 2. The molecule has 188 valence electrons. The van der Waals surface area contributed by atoms with E-state index >= 15 is 0 Å². The summed E-state index contributed by atoms with van der Waals surface area (Å²) in [6, 6.07) is 19.3. The van der Waals surface area contributed by atoms with Crippen molar-refractivity contribution in [1.29, 1.82) is 0 Å². The second-order valence-corrected chi connectivity index (χ2v) is 9.81. The average Bonchev–Trinajstić information content (AvgIpc) is 3.29. The number of aryl methyl sites for hydroxylation is 1. The third kappa shape index (κ3) is 6.32. The maximum Gasteiger partial charge on any atom is 0.350 e.